The zero-order chi connectivity index (χ0) is 29.0. The molecular formula is C31H28Cl2N4O2S. The molecule has 1 unspecified atom stereocenters. The van der Waals surface area contributed by atoms with Crippen molar-refractivity contribution in [1.29, 1.82) is 5.26 Å². The number of nitrogens with zero attached hydrogens (tertiary/aromatic N) is 1. The number of dihydropyridines is 1. The largest absolute Gasteiger partial charge is 0.353 e. The highest BCUT2D eigenvalue weighted by Gasteiger charge is 2.36. The molecule has 4 rings (SSSR count). The highest BCUT2D eigenvalue weighted by Crippen LogP contribution is 2.43. The van der Waals surface area contributed by atoms with E-state index in [9.17, 15) is 14.9 Å². The van der Waals surface area contributed by atoms with Gasteiger partial charge in [-0.2, -0.15) is 5.26 Å². The molecule has 0 fully saturated rings. The molecule has 0 spiro atoms. The molecular weight excluding hydrogens is 563 g/mol. The van der Waals surface area contributed by atoms with Gasteiger partial charge in [0.1, 0.15) is 0 Å². The van der Waals surface area contributed by atoms with Gasteiger partial charge in [-0.15, -0.1) is 0 Å². The molecule has 6 nitrogen and oxygen atoms in total. The molecule has 0 bridgehead atoms. The number of carbonyl (C=O) groups excluding carboxylic acids is 2. The number of benzene rings is 3. The van der Waals surface area contributed by atoms with E-state index in [0.717, 1.165) is 22.4 Å². The van der Waals surface area contributed by atoms with Crippen molar-refractivity contribution in [3.8, 4) is 6.07 Å². The topological polar surface area (TPSA) is 94.0 Å². The number of halogens is 2. The van der Waals surface area contributed by atoms with E-state index >= 15 is 0 Å². The Morgan fingerprint density at radius 1 is 0.975 bits per heavy atom. The lowest BCUT2D eigenvalue weighted by atomic mass is 9.82. The Morgan fingerprint density at radius 2 is 1.62 bits per heavy atom. The van der Waals surface area contributed by atoms with Crippen LogP contribution in [-0.2, 0) is 9.59 Å². The number of nitriles is 1. The fourth-order valence-electron chi connectivity index (χ4n) is 4.77. The predicted octanol–water partition coefficient (Wildman–Crippen LogP) is 7.63. The van der Waals surface area contributed by atoms with Crippen LogP contribution < -0.4 is 16.0 Å². The van der Waals surface area contributed by atoms with Gasteiger partial charge in [-0.25, -0.2) is 0 Å². The van der Waals surface area contributed by atoms with Crippen LogP contribution in [0.15, 0.2) is 82.5 Å². The third-order valence-corrected chi connectivity index (χ3v) is 8.11. The summed E-state index contributed by atoms with van der Waals surface area (Å²) < 4.78 is 0. The van der Waals surface area contributed by atoms with Crippen molar-refractivity contribution >= 4 is 58.2 Å². The van der Waals surface area contributed by atoms with E-state index in [1.54, 1.807) is 49.4 Å². The lowest BCUT2D eigenvalue weighted by Crippen LogP contribution is -2.31. The first-order valence-electron chi connectivity index (χ1n) is 12.5. The number of aryl methyl sites for hydroxylation is 3. The second-order valence-electron chi connectivity index (χ2n) is 9.54. The summed E-state index contributed by atoms with van der Waals surface area (Å²) in [4.78, 5) is 26.5. The second-order valence-corrected chi connectivity index (χ2v) is 11.4. The van der Waals surface area contributed by atoms with Crippen molar-refractivity contribution in [3.63, 3.8) is 0 Å². The highest BCUT2D eigenvalue weighted by molar-refractivity contribution is 8.03. The maximum Gasteiger partial charge on any atom is 0.254 e. The molecule has 1 heterocycles. The lowest BCUT2D eigenvalue weighted by Gasteiger charge is -2.30. The fraction of sp³-hybridized carbons (Fsp3) is 0.194. The Kier molecular flexibility index (Phi) is 9.26. The van der Waals surface area contributed by atoms with Crippen molar-refractivity contribution in [2.45, 2.75) is 33.6 Å². The summed E-state index contributed by atoms with van der Waals surface area (Å²) >= 11 is 13.8. The van der Waals surface area contributed by atoms with Gasteiger partial charge < -0.3 is 16.0 Å². The number of hydrogen-bond acceptors (Lipinski definition) is 5. The van der Waals surface area contributed by atoms with Crippen LogP contribution in [0.25, 0.3) is 0 Å². The average molecular weight is 592 g/mol. The molecule has 0 radical (unpaired) electrons. The summed E-state index contributed by atoms with van der Waals surface area (Å²) in [6, 6.07) is 20.2. The summed E-state index contributed by atoms with van der Waals surface area (Å²) in [6.45, 7) is 7.71. The number of rotatable bonds is 7. The van der Waals surface area contributed by atoms with Crippen LogP contribution in [-0.4, -0.2) is 17.6 Å². The van der Waals surface area contributed by atoms with Crippen LogP contribution in [0.5, 0.6) is 0 Å². The van der Waals surface area contributed by atoms with E-state index in [1.807, 2.05) is 39.0 Å². The second kappa shape index (κ2) is 12.6. The normalized spacial score (nSPS) is 14.9. The van der Waals surface area contributed by atoms with Crippen molar-refractivity contribution < 1.29 is 9.59 Å². The molecule has 40 heavy (non-hydrogen) atoms. The Bertz CT molecular complexity index is 1570. The first-order valence-corrected chi connectivity index (χ1v) is 14.3. The fourth-order valence-corrected chi connectivity index (χ4v) is 6.03. The molecule has 0 saturated carbocycles. The van der Waals surface area contributed by atoms with E-state index in [1.165, 1.54) is 11.8 Å². The smallest absolute Gasteiger partial charge is 0.254 e. The first-order chi connectivity index (χ1) is 19.1. The average Bonchev–Trinajstić information content (AvgIpc) is 2.90. The van der Waals surface area contributed by atoms with Crippen molar-refractivity contribution in [2.24, 2.45) is 0 Å². The standard InChI is InChI=1S/C31H28Cl2N4O2S/c1-17-13-18(2)29(19(3)14-17)37-26(38)16-40-31-24(15-34)28(23-7-5-6-8-25(23)33)27(20(4)35-31)30(39)36-22-11-9-21(32)10-12-22/h5-14,28,35H,16H2,1-4H3,(H,36,39)(H,37,38). The van der Waals surface area contributed by atoms with Crippen LogP contribution in [0.1, 0.15) is 35.1 Å². The summed E-state index contributed by atoms with van der Waals surface area (Å²) in [5.41, 5.74) is 6.29. The summed E-state index contributed by atoms with van der Waals surface area (Å²) in [5, 5.41) is 20.9. The Labute approximate surface area is 248 Å². The Morgan fingerprint density at radius 3 is 2.25 bits per heavy atom. The first kappa shape index (κ1) is 29.3. The monoisotopic (exact) mass is 590 g/mol. The van der Waals surface area contributed by atoms with Crippen LogP contribution in [0.3, 0.4) is 0 Å². The minimum atomic E-state index is -0.737. The van der Waals surface area contributed by atoms with Gasteiger partial charge in [0.05, 0.1) is 28.3 Å². The quantitative estimate of drug-likeness (QED) is 0.263. The zero-order valence-corrected chi connectivity index (χ0v) is 24.8. The predicted molar refractivity (Wildman–Crippen MR) is 164 cm³/mol. The molecule has 0 saturated heterocycles. The van der Waals surface area contributed by atoms with Crippen LogP contribution in [0.4, 0.5) is 11.4 Å². The molecule has 0 aliphatic carbocycles. The molecule has 0 aromatic heterocycles. The highest BCUT2D eigenvalue weighted by atomic mass is 35.5. The van der Waals surface area contributed by atoms with Gasteiger partial charge >= 0.3 is 0 Å². The van der Waals surface area contributed by atoms with E-state index in [2.05, 4.69) is 22.0 Å². The number of allylic oxidation sites excluding steroid dienone is 2. The molecule has 204 valence electrons. The molecule has 1 atom stereocenters. The van der Waals surface area contributed by atoms with Gasteiger partial charge in [0.25, 0.3) is 5.91 Å². The number of thioether (sulfide) groups is 1. The molecule has 9 heteroatoms. The van der Waals surface area contributed by atoms with Crippen molar-refractivity contribution in [3.05, 3.63) is 115 Å². The Balaban J connectivity index is 1.64. The number of amides is 2. The van der Waals surface area contributed by atoms with Gasteiger partial charge in [-0.05, 0) is 74.7 Å². The summed E-state index contributed by atoms with van der Waals surface area (Å²) in [7, 11) is 0. The minimum Gasteiger partial charge on any atom is -0.353 e. The maximum atomic E-state index is 13.6. The van der Waals surface area contributed by atoms with Gasteiger partial charge in [-0.1, -0.05) is 70.9 Å². The van der Waals surface area contributed by atoms with Gasteiger partial charge in [-0.3, -0.25) is 9.59 Å². The molecule has 3 aromatic rings. The maximum absolute atomic E-state index is 13.6. The van der Waals surface area contributed by atoms with E-state index in [-0.39, 0.29) is 17.6 Å². The third kappa shape index (κ3) is 6.53. The van der Waals surface area contributed by atoms with E-state index in [4.69, 9.17) is 23.2 Å². The van der Waals surface area contributed by atoms with E-state index < -0.39 is 5.92 Å². The van der Waals surface area contributed by atoms with Gasteiger partial charge in [0.15, 0.2) is 0 Å². The number of anilines is 2. The molecule has 3 aromatic carbocycles. The molecule has 1 aliphatic heterocycles. The van der Waals surface area contributed by atoms with Crippen molar-refractivity contribution in [1.82, 2.24) is 5.32 Å². The number of carbonyl (C=O) groups is 2. The summed E-state index contributed by atoms with van der Waals surface area (Å²) in [5.74, 6) is -1.25. The van der Waals surface area contributed by atoms with Crippen LogP contribution in [0, 0.1) is 32.1 Å². The number of nitrogens with one attached hydrogen (secondary N) is 3. The number of hydrogen-bond donors (Lipinski definition) is 3. The minimum absolute atomic E-state index is 0.0646. The Hall–Kier alpha value is -3.70. The summed E-state index contributed by atoms with van der Waals surface area (Å²) in [6.07, 6.45) is 0. The molecule has 2 amide bonds. The molecule has 1 aliphatic rings. The van der Waals surface area contributed by atoms with Gasteiger partial charge in [0, 0.05) is 32.7 Å². The zero-order valence-electron chi connectivity index (χ0n) is 22.5. The van der Waals surface area contributed by atoms with Crippen LogP contribution >= 0.6 is 35.0 Å². The molecule has 3 N–H and O–H groups in total. The van der Waals surface area contributed by atoms with Crippen LogP contribution in [0.2, 0.25) is 10.0 Å². The SMILES string of the molecule is CC1=C(C(=O)Nc2ccc(Cl)cc2)C(c2ccccc2Cl)C(C#N)=C(SCC(=O)Nc2c(C)cc(C)cc2C)N1. The van der Waals surface area contributed by atoms with Crippen molar-refractivity contribution in [2.75, 3.05) is 16.4 Å². The van der Waals surface area contributed by atoms with E-state index in [0.29, 0.717) is 43.2 Å². The lowest BCUT2D eigenvalue weighted by molar-refractivity contribution is -0.114. The third-order valence-electron chi connectivity index (χ3n) is 6.50. The van der Waals surface area contributed by atoms with Gasteiger partial charge in [0.2, 0.25) is 5.91 Å².